The molecule has 0 aromatic heterocycles. The number of hydrogen-bond donors (Lipinski definition) is 0. The van der Waals surface area contributed by atoms with Crippen molar-refractivity contribution in [3.8, 4) is 6.42 Å². The first-order valence-corrected chi connectivity index (χ1v) is 4.38. The summed E-state index contributed by atoms with van der Waals surface area (Å²) < 4.78 is 0. The first-order valence-electron chi connectivity index (χ1n) is 3.40. The normalized spacial score (nSPS) is 7.25. The Hall–Kier alpha value is -0.273. The van der Waals surface area contributed by atoms with Gasteiger partial charge in [0.15, 0.2) is 0 Å². The molecule has 0 aliphatic rings. The molecular formula is C10H11LiS. The van der Waals surface area contributed by atoms with Crippen LogP contribution in [0.5, 0.6) is 0 Å². The SMILES string of the molecule is CCSc1ccccc1.[C-]#C.[Li+]. The first-order chi connectivity index (χ1) is 5.43. The summed E-state index contributed by atoms with van der Waals surface area (Å²) in [6.07, 6.45) is 9.00. The van der Waals surface area contributed by atoms with Crippen LogP contribution in [-0.4, -0.2) is 5.75 Å². The van der Waals surface area contributed by atoms with Crippen LogP contribution in [0.2, 0.25) is 0 Å². The molecule has 58 valence electrons. The van der Waals surface area contributed by atoms with Gasteiger partial charge in [0.05, 0.1) is 0 Å². The maximum absolute atomic E-state index is 5.25. The zero-order chi connectivity index (χ0) is 8.53. The molecule has 0 fully saturated rings. The standard InChI is InChI=1S/C8H10S.C2H.Li/c1-2-9-8-6-4-3-5-7-8;1-2;/h3-7H,2H2,1H3;1H;/q;-1;+1. The third-order valence-corrected chi connectivity index (χ3v) is 1.95. The van der Waals surface area contributed by atoms with Crippen LogP contribution in [0.15, 0.2) is 35.2 Å². The molecule has 0 spiro atoms. The van der Waals surface area contributed by atoms with Gasteiger partial charge in [-0.25, -0.2) is 0 Å². The molecule has 12 heavy (non-hydrogen) atoms. The topological polar surface area (TPSA) is 0 Å². The van der Waals surface area contributed by atoms with Crippen molar-refractivity contribution in [3.05, 3.63) is 36.8 Å². The summed E-state index contributed by atoms with van der Waals surface area (Å²) in [5.74, 6) is 1.16. The van der Waals surface area contributed by atoms with Crippen LogP contribution in [0, 0.1) is 12.8 Å². The Labute approximate surface area is 91.3 Å². The first kappa shape index (κ1) is 14.3. The monoisotopic (exact) mass is 170 g/mol. The molecule has 1 aromatic carbocycles. The minimum Gasteiger partial charge on any atom is -0.697 e. The van der Waals surface area contributed by atoms with Crippen molar-refractivity contribution in [2.45, 2.75) is 11.8 Å². The molecule has 0 heterocycles. The van der Waals surface area contributed by atoms with Crippen LogP contribution in [0.25, 0.3) is 0 Å². The molecule has 2 heteroatoms. The molecule has 0 saturated heterocycles. The van der Waals surface area contributed by atoms with Crippen molar-refractivity contribution in [2.24, 2.45) is 0 Å². The number of terminal acetylenes is 1. The van der Waals surface area contributed by atoms with E-state index in [9.17, 15) is 0 Å². The minimum absolute atomic E-state index is 0. The van der Waals surface area contributed by atoms with Crippen molar-refractivity contribution < 1.29 is 18.9 Å². The summed E-state index contributed by atoms with van der Waals surface area (Å²) in [5.41, 5.74) is 0. The molecule has 0 N–H and O–H groups in total. The molecule has 0 aliphatic carbocycles. The summed E-state index contributed by atoms with van der Waals surface area (Å²) in [6, 6.07) is 10.4. The van der Waals surface area contributed by atoms with Gasteiger partial charge in [0, 0.05) is 4.90 Å². The molecular weight excluding hydrogens is 159 g/mol. The molecule has 0 saturated carbocycles. The maximum Gasteiger partial charge on any atom is 1.00 e. The predicted octanol–water partition coefficient (Wildman–Crippen LogP) is 0.00859. The van der Waals surface area contributed by atoms with Crippen molar-refractivity contribution in [1.82, 2.24) is 0 Å². The molecule has 1 aromatic rings. The van der Waals surface area contributed by atoms with Gasteiger partial charge in [0.2, 0.25) is 0 Å². The average molecular weight is 170 g/mol. The summed E-state index contributed by atoms with van der Waals surface area (Å²) in [6.45, 7) is 2.16. The summed E-state index contributed by atoms with van der Waals surface area (Å²) in [7, 11) is 0. The molecule has 0 unspecified atom stereocenters. The number of hydrogen-bond acceptors (Lipinski definition) is 1. The summed E-state index contributed by atoms with van der Waals surface area (Å²) in [4.78, 5) is 1.36. The van der Waals surface area contributed by atoms with E-state index in [0.717, 1.165) is 5.75 Å². The Kier molecular flexibility index (Phi) is 12.8. The van der Waals surface area contributed by atoms with Gasteiger partial charge in [0.1, 0.15) is 0 Å². The smallest absolute Gasteiger partial charge is 0.697 e. The average Bonchev–Trinajstić information content (AvgIpc) is 2.11. The van der Waals surface area contributed by atoms with E-state index in [4.69, 9.17) is 6.42 Å². The molecule has 0 radical (unpaired) electrons. The van der Waals surface area contributed by atoms with E-state index in [0.29, 0.717) is 0 Å². The zero-order valence-electron chi connectivity index (χ0n) is 7.58. The molecule has 0 nitrogen and oxygen atoms in total. The fraction of sp³-hybridized carbons (Fsp3) is 0.200. The predicted molar refractivity (Wildman–Crippen MR) is 51.0 cm³/mol. The molecule has 0 amide bonds. The van der Waals surface area contributed by atoms with Crippen LogP contribution in [-0.2, 0) is 0 Å². The quantitative estimate of drug-likeness (QED) is 0.261. The Morgan fingerprint density at radius 1 is 1.25 bits per heavy atom. The molecule has 0 bridgehead atoms. The van der Waals surface area contributed by atoms with E-state index in [-0.39, 0.29) is 18.9 Å². The van der Waals surface area contributed by atoms with Crippen LogP contribution in [0.4, 0.5) is 0 Å². The van der Waals surface area contributed by atoms with E-state index in [2.05, 4.69) is 37.6 Å². The zero-order valence-corrected chi connectivity index (χ0v) is 8.40. The molecule has 0 aliphatic heterocycles. The Balaban J connectivity index is 0. The molecule has 1 rings (SSSR count). The fourth-order valence-corrected chi connectivity index (χ4v) is 1.37. The number of rotatable bonds is 2. The fourth-order valence-electron chi connectivity index (χ4n) is 0.683. The van der Waals surface area contributed by atoms with Gasteiger partial charge in [-0.3, -0.25) is 0 Å². The number of benzene rings is 1. The second-order valence-electron chi connectivity index (χ2n) is 1.75. The summed E-state index contributed by atoms with van der Waals surface area (Å²) >= 11 is 1.88. The third kappa shape index (κ3) is 6.44. The van der Waals surface area contributed by atoms with Gasteiger partial charge >= 0.3 is 18.9 Å². The van der Waals surface area contributed by atoms with Gasteiger partial charge in [-0.2, -0.15) is 0 Å². The van der Waals surface area contributed by atoms with Gasteiger partial charge in [-0.15, -0.1) is 11.8 Å². The van der Waals surface area contributed by atoms with E-state index >= 15 is 0 Å². The van der Waals surface area contributed by atoms with Crippen molar-refractivity contribution in [3.63, 3.8) is 0 Å². The van der Waals surface area contributed by atoms with E-state index in [1.165, 1.54) is 4.90 Å². The Morgan fingerprint density at radius 3 is 2.17 bits per heavy atom. The maximum atomic E-state index is 5.25. The van der Waals surface area contributed by atoms with E-state index in [1.807, 2.05) is 17.8 Å². The van der Waals surface area contributed by atoms with Crippen LogP contribution in [0.1, 0.15) is 6.92 Å². The van der Waals surface area contributed by atoms with Gasteiger partial charge in [-0.05, 0) is 17.9 Å². The number of thioether (sulfide) groups is 1. The second kappa shape index (κ2) is 10.7. The van der Waals surface area contributed by atoms with Crippen molar-refractivity contribution in [1.29, 1.82) is 0 Å². The van der Waals surface area contributed by atoms with E-state index < -0.39 is 0 Å². The third-order valence-electron chi connectivity index (χ3n) is 1.05. The van der Waals surface area contributed by atoms with Crippen LogP contribution < -0.4 is 18.9 Å². The van der Waals surface area contributed by atoms with Gasteiger partial charge < -0.3 is 12.8 Å². The Morgan fingerprint density at radius 2 is 1.75 bits per heavy atom. The molecule has 0 atom stereocenters. The second-order valence-corrected chi connectivity index (χ2v) is 3.08. The van der Waals surface area contributed by atoms with Crippen molar-refractivity contribution >= 4 is 11.8 Å². The van der Waals surface area contributed by atoms with E-state index in [1.54, 1.807) is 0 Å². The van der Waals surface area contributed by atoms with Crippen LogP contribution >= 0.6 is 11.8 Å². The van der Waals surface area contributed by atoms with Gasteiger partial charge in [0.25, 0.3) is 0 Å². The Bertz CT molecular complexity index is 193. The summed E-state index contributed by atoms with van der Waals surface area (Å²) in [5, 5.41) is 0. The van der Waals surface area contributed by atoms with Crippen LogP contribution in [0.3, 0.4) is 0 Å². The minimum atomic E-state index is 0. The van der Waals surface area contributed by atoms with Gasteiger partial charge in [-0.1, -0.05) is 25.1 Å². The van der Waals surface area contributed by atoms with Crippen molar-refractivity contribution in [2.75, 3.05) is 5.75 Å². The largest absolute Gasteiger partial charge is 1.00 e.